The number of ketones is 1. The molecule has 0 radical (unpaired) electrons. The van der Waals surface area contributed by atoms with E-state index in [2.05, 4.69) is 10.7 Å². The predicted octanol–water partition coefficient (Wildman–Crippen LogP) is 2.49. The van der Waals surface area contributed by atoms with Gasteiger partial charge in [-0.05, 0) is 24.3 Å². The lowest BCUT2D eigenvalue weighted by atomic mass is 10.1. The molecule has 4 heteroatoms. The monoisotopic (exact) mass is 210 g/mol. The van der Waals surface area contributed by atoms with Crippen LogP contribution in [0.5, 0.6) is 5.75 Å². The van der Waals surface area contributed by atoms with Crippen LogP contribution in [0.3, 0.4) is 0 Å². The highest BCUT2D eigenvalue weighted by atomic mass is 19.3. The van der Waals surface area contributed by atoms with E-state index in [1.165, 1.54) is 24.3 Å². The van der Waals surface area contributed by atoms with Gasteiger partial charge in [0.25, 0.3) is 0 Å². The molecule has 0 aliphatic rings. The van der Waals surface area contributed by atoms with Crippen molar-refractivity contribution in [2.24, 2.45) is 0 Å². The van der Waals surface area contributed by atoms with E-state index in [9.17, 15) is 13.6 Å². The molecule has 0 unspecified atom stereocenters. The Morgan fingerprint density at radius 2 is 2.00 bits per heavy atom. The summed E-state index contributed by atoms with van der Waals surface area (Å²) >= 11 is 0. The molecule has 78 valence electrons. The number of carbonyl (C=O) groups is 1. The molecule has 1 rings (SSSR count). The Bertz CT molecular complexity index is 377. The van der Waals surface area contributed by atoms with Crippen LogP contribution < -0.4 is 4.74 Å². The van der Waals surface area contributed by atoms with Crippen molar-refractivity contribution in [2.45, 2.75) is 13.0 Å². The molecule has 0 spiro atoms. The maximum absolute atomic E-state index is 11.8. The zero-order chi connectivity index (χ0) is 11.3. The van der Waals surface area contributed by atoms with Crippen LogP contribution in [0, 0.1) is 12.3 Å². The lowest BCUT2D eigenvalue weighted by Gasteiger charge is -2.04. The first-order valence-corrected chi connectivity index (χ1v) is 4.15. The second-order valence-electron chi connectivity index (χ2n) is 2.71. The first kappa shape index (κ1) is 11.2. The lowest BCUT2D eigenvalue weighted by molar-refractivity contribution is -0.0498. The van der Waals surface area contributed by atoms with Gasteiger partial charge >= 0.3 is 6.61 Å². The third-order valence-corrected chi connectivity index (χ3v) is 1.66. The molecule has 1 aromatic rings. The minimum Gasteiger partial charge on any atom is -0.435 e. The van der Waals surface area contributed by atoms with E-state index in [1.807, 2.05) is 0 Å². The molecule has 0 fully saturated rings. The quantitative estimate of drug-likeness (QED) is 0.563. The summed E-state index contributed by atoms with van der Waals surface area (Å²) in [6.45, 7) is -2.86. The average molecular weight is 210 g/mol. The summed E-state index contributed by atoms with van der Waals surface area (Å²) in [6.07, 6.45) is 4.96. The van der Waals surface area contributed by atoms with Gasteiger partial charge in [0.2, 0.25) is 0 Å². The molecule has 0 saturated heterocycles. The molecule has 15 heavy (non-hydrogen) atoms. The summed E-state index contributed by atoms with van der Waals surface area (Å²) in [6, 6.07) is 5.40. The lowest BCUT2D eigenvalue weighted by Crippen LogP contribution is -2.02. The van der Waals surface area contributed by atoms with Crippen LogP contribution in [-0.2, 0) is 0 Å². The Morgan fingerprint density at radius 3 is 2.47 bits per heavy atom. The van der Waals surface area contributed by atoms with Crippen LogP contribution in [0.25, 0.3) is 0 Å². The summed E-state index contributed by atoms with van der Waals surface area (Å²) < 4.78 is 27.7. The van der Waals surface area contributed by atoms with E-state index in [4.69, 9.17) is 6.42 Å². The molecule has 2 nitrogen and oxygen atoms in total. The summed E-state index contributed by atoms with van der Waals surface area (Å²) in [5.74, 6) is 2.01. The van der Waals surface area contributed by atoms with Gasteiger partial charge in [-0.15, -0.1) is 6.42 Å². The van der Waals surface area contributed by atoms with Gasteiger partial charge in [0.15, 0.2) is 5.78 Å². The van der Waals surface area contributed by atoms with Crippen molar-refractivity contribution in [1.82, 2.24) is 0 Å². The third kappa shape index (κ3) is 3.39. The number of hydrogen-bond donors (Lipinski definition) is 0. The number of Topliss-reactive ketones (excluding diaryl/α,β-unsaturated/α-hetero) is 1. The highest BCUT2D eigenvalue weighted by Crippen LogP contribution is 2.15. The summed E-state index contributed by atoms with van der Waals surface area (Å²) in [5, 5.41) is 0. The Balaban J connectivity index is 2.73. The van der Waals surface area contributed by atoms with Crippen molar-refractivity contribution in [3.8, 4) is 18.1 Å². The van der Waals surface area contributed by atoms with Crippen LogP contribution in [0.1, 0.15) is 16.8 Å². The van der Waals surface area contributed by atoms with Gasteiger partial charge in [0, 0.05) is 5.56 Å². The maximum atomic E-state index is 11.8. The number of hydrogen-bond acceptors (Lipinski definition) is 2. The fourth-order valence-electron chi connectivity index (χ4n) is 1.02. The number of benzene rings is 1. The van der Waals surface area contributed by atoms with Gasteiger partial charge in [0.05, 0.1) is 6.42 Å². The average Bonchev–Trinajstić information content (AvgIpc) is 2.18. The summed E-state index contributed by atoms with van der Waals surface area (Å²) in [5.41, 5.74) is 0.384. The first-order chi connectivity index (χ1) is 7.13. The number of alkyl halides is 2. The molecule has 0 atom stereocenters. The topological polar surface area (TPSA) is 26.3 Å². The van der Waals surface area contributed by atoms with E-state index >= 15 is 0 Å². The minimum absolute atomic E-state index is 0.00491. The number of terminal acetylenes is 1. The molecular weight excluding hydrogens is 202 g/mol. The molecule has 0 heterocycles. The van der Waals surface area contributed by atoms with Gasteiger partial charge in [-0.3, -0.25) is 4.79 Å². The van der Waals surface area contributed by atoms with E-state index in [0.717, 1.165) is 0 Å². The Kier molecular flexibility index (Phi) is 3.81. The van der Waals surface area contributed by atoms with E-state index in [0.29, 0.717) is 5.56 Å². The van der Waals surface area contributed by atoms with Gasteiger partial charge in [-0.1, -0.05) is 5.92 Å². The van der Waals surface area contributed by atoms with Crippen LogP contribution >= 0.6 is 0 Å². The van der Waals surface area contributed by atoms with Crippen LogP contribution in [0.15, 0.2) is 24.3 Å². The Morgan fingerprint density at radius 1 is 1.40 bits per heavy atom. The highest BCUT2D eigenvalue weighted by Gasteiger charge is 2.06. The van der Waals surface area contributed by atoms with Gasteiger partial charge in [-0.2, -0.15) is 8.78 Å². The number of halogens is 2. The summed E-state index contributed by atoms with van der Waals surface area (Å²) in [4.78, 5) is 11.2. The number of ether oxygens (including phenoxy) is 1. The molecule has 0 amide bonds. The van der Waals surface area contributed by atoms with Gasteiger partial charge in [-0.25, -0.2) is 0 Å². The minimum atomic E-state index is -2.86. The third-order valence-electron chi connectivity index (χ3n) is 1.66. The summed E-state index contributed by atoms with van der Waals surface area (Å²) in [7, 11) is 0. The maximum Gasteiger partial charge on any atom is 0.387 e. The van der Waals surface area contributed by atoms with Crippen molar-refractivity contribution in [2.75, 3.05) is 0 Å². The molecule has 0 aromatic heterocycles. The fourth-order valence-corrected chi connectivity index (χ4v) is 1.02. The Hall–Kier alpha value is -1.89. The predicted molar refractivity (Wildman–Crippen MR) is 50.9 cm³/mol. The molecule has 1 aromatic carbocycles. The molecular formula is C11H8F2O2. The van der Waals surface area contributed by atoms with E-state index < -0.39 is 6.61 Å². The van der Waals surface area contributed by atoms with Crippen molar-refractivity contribution in [1.29, 1.82) is 0 Å². The fraction of sp³-hybridized carbons (Fsp3) is 0.182. The molecule has 0 bridgehead atoms. The number of carbonyl (C=O) groups excluding carboxylic acids is 1. The van der Waals surface area contributed by atoms with Crippen molar-refractivity contribution in [3.63, 3.8) is 0 Å². The zero-order valence-corrected chi connectivity index (χ0v) is 7.74. The standard InChI is InChI=1S/C11H8F2O2/c1-2-3-10(14)8-4-6-9(7-5-8)15-11(12)13/h1,4-7,11H,3H2. The smallest absolute Gasteiger partial charge is 0.387 e. The van der Waals surface area contributed by atoms with Crippen LogP contribution in [0.2, 0.25) is 0 Å². The van der Waals surface area contributed by atoms with Crippen LogP contribution in [-0.4, -0.2) is 12.4 Å². The van der Waals surface area contributed by atoms with Gasteiger partial charge < -0.3 is 4.74 Å². The normalized spacial score (nSPS) is 9.73. The SMILES string of the molecule is C#CCC(=O)c1ccc(OC(F)F)cc1. The second-order valence-corrected chi connectivity index (χ2v) is 2.71. The van der Waals surface area contributed by atoms with Gasteiger partial charge in [0.1, 0.15) is 5.75 Å². The van der Waals surface area contributed by atoms with Crippen LogP contribution in [0.4, 0.5) is 8.78 Å². The zero-order valence-electron chi connectivity index (χ0n) is 7.74. The Labute approximate surface area is 85.9 Å². The molecule has 0 saturated carbocycles. The van der Waals surface area contributed by atoms with Crippen molar-refractivity contribution < 1.29 is 18.3 Å². The van der Waals surface area contributed by atoms with Crippen molar-refractivity contribution >= 4 is 5.78 Å². The van der Waals surface area contributed by atoms with E-state index in [1.54, 1.807) is 0 Å². The second kappa shape index (κ2) is 5.11. The molecule has 0 aliphatic heterocycles. The van der Waals surface area contributed by atoms with Crippen molar-refractivity contribution in [3.05, 3.63) is 29.8 Å². The highest BCUT2D eigenvalue weighted by molar-refractivity contribution is 5.97. The van der Waals surface area contributed by atoms with E-state index in [-0.39, 0.29) is 18.0 Å². The number of rotatable bonds is 4. The molecule has 0 aliphatic carbocycles. The first-order valence-electron chi connectivity index (χ1n) is 4.15. The molecule has 0 N–H and O–H groups in total. The largest absolute Gasteiger partial charge is 0.435 e.